The molecule has 0 spiro atoms. The molecule has 1 heterocycles. The minimum Gasteiger partial charge on any atom is -0.480 e. The molecule has 12 nitrogen and oxygen atoms in total. The third-order valence-corrected chi connectivity index (χ3v) is 4.47. The fraction of sp³-hybridized carbons (Fsp3) is 0.632. The van der Waals surface area contributed by atoms with Crippen molar-refractivity contribution in [2.24, 2.45) is 11.7 Å². The highest BCUT2D eigenvalue weighted by atomic mass is 16.4. The van der Waals surface area contributed by atoms with Crippen molar-refractivity contribution in [1.82, 2.24) is 25.9 Å². The number of carboxylic acid groups (broad SMARTS) is 1. The lowest BCUT2D eigenvalue weighted by molar-refractivity contribution is -0.145. The molecule has 0 fully saturated rings. The number of carboxylic acids is 1. The normalized spacial score (nSPS) is 16.0. The first kappa shape index (κ1) is 26.0. The summed E-state index contributed by atoms with van der Waals surface area (Å²) in [6, 6.07) is -4.51. The fourth-order valence-corrected chi connectivity index (χ4v) is 2.77. The van der Waals surface area contributed by atoms with Gasteiger partial charge in [-0.25, -0.2) is 9.78 Å². The Morgan fingerprint density at radius 2 is 1.71 bits per heavy atom. The van der Waals surface area contributed by atoms with Crippen LogP contribution in [0.3, 0.4) is 0 Å². The van der Waals surface area contributed by atoms with Crippen molar-refractivity contribution in [3.8, 4) is 0 Å². The maximum atomic E-state index is 12.7. The average Bonchev–Trinajstić information content (AvgIpc) is 3.17. The van der Waals surface area contributed by atoms with Crippen LogP contribution in [0, 0.1) is 5.92 Å². The molecule has 0 aliphatic rings. The highest BCUT2D eigenvalue weighted by Crippen LogP contribution is 2.04. The Bertz CT molecular complexity index is 751. The van der Waals surface area contributed by atoms with Crippen molar-refractivity contribution >= 4 is 23.7 Å². The number of hydrogen-bond donors (Lipinski definition) is 7. The molecule has 1 aromatic rings. The number of carbonyl (C=O) groups excluding carboxylic acids is 3. The van der Waals surface area contributed by atoms with Crippen LogP contribution in [0.25, 0.3) is 0 Å². The summed E-state index contributed by atoms with van der Waals surface area (Å²) in [6.07, 6.45) is 1.91. The van der Waals surface area contributed by atoms with E-state index in [1.807, 2.05) is 13.8 Å². The molecule has 0 saturated heterocycles. The molecule has 0 aromatic carbocycles. The average molecular weight is 441 g/mol. The summed E-state index contributed by atoms with van der Waals surface area (Å²) in [5.41, 5.74) is 6.33. The molecule has 0 bridgehead atoms. The monoisotopic (exact) mass is 440 g/mol. The lowest BCUT2D eigenvalue weighted by Crippen LogP contribution is -2.58. The number of aromatic amines is 1. The van der Waals surface area contributed by atoms with E-state index in [-0.39, 0.29) is 12.3 Å². The Morgan fingerprint density at radius 1 is 1.06 bits per heavy atom. The van der Waals surface area contributed by atoms with E-state index in [4.69, 9.17) is 5.73 Å². The van der Waals surface area contributed by atoms with Crippen LogP contribution in [0.1, 0.15) is 39.8 Å². The van der Waals surface area contributed by atoms with Gasteiger partial charge in [-0.05, 0) is 26.2 Å². The van der Waals surface area contributed by atoms with Crippen LogP contribution in [0.5, 0.6) is 0 Å². The minimum absolute atomic E-state index is 0.0166. The van der Waals surface area contributed by atoms with Crippen LogP contribution in [0.4, 0.5) is 0 Å². The number of aromatic nitrogens is 2. The Kier molecular flexibility index (Phi) is 10.1. The molecule has 5 unspecified atom stereocenters. The second kappa shape index (κ2) is 12.0. The van der Waals surface area contributed by atoms with Crippen LogP contribution < -0.4 is 21.7 Å². The third-order valence-electron chi connectivity index (χ3n) is 4.47. The standard InChI is InChI=1S/C19H32N6O6/c1-9(2)5-13(20)17(28)23-10(3)16(27)24-14(6-12-7-21-8-22-12)18(29)25-15(11(4)26)19(30)31/h7-11,13-15,26H,5-6,20H2,1-4H3,(H,21,22)(H,23,28)(H,24,27)(H,25,29)(H,30,31). The van der Waals surface area contributed by atoms with Gasteiger partial charge < -0.3 is 36.9 Å². The summed E-state index contributed by atoms with van der Waals surface area (Å²) in [4.78, 5) is 55.3. The van der Waals surface area contributed by atoms with E-state index >= 15 is 0 Å². The lowest BCUT2D eigenvalue weighted by atomic mass is 10.0. The van der Waals surface area contributed by atoms with E-state index < -0.39 is 54.0 Å². The smallest absolute Gasteiger partial charge is 0.328 e. The SMILES string of the molecule is CC(C)CC(N)C(=O)NC(C)C(=O)NC(Cc1cnc[nH]1)C(=O)NC(C(=O)O)C(C)O. The topological polar surface area (TPSA) is 200 Å². The number of H-pyrrole nitrogens is 1. The highest BCUT2D eigenvalue weighted by molar-refractivity contribution is 5.94. The van der Waals surface area contributed by atoms with Gasteiger partial charge in [0.05, 0.1) is 18.5 Å². The number of aliphatic carboxylic acids is 1. The number of amides is 3. The molecule has 0 aliphatic heterocycles. The first-order valence-electron chi connectivity index (χ1n) is 9.97. The van der Waals surface area contributed by atoms with Gasteiger partial charge in [0.1, 0.15) is 12.1 Å². The number of imidazole rings is 1. The predicted molar refractivity (Wildman–Crippen MR) is 111 cm³/mol. The molecule has 3 amide bonds. The van der Waals surface area contributed by atoms with Gasteiger partial charge >= 0.3 is 5.97 Å². The molecule has 0 saturated carbocycles. The van der Waals surface area contributed by atoms with E-state index in [2.05, 4.69) is 25.9 Å². The summed E-state index contributed by atoms with van der Waals surface area (Å²) >= 11 is 0. The molecule has 1 aromatic heterocycles. The van der Waals surface area contributed by atoms with Crippen LogP contribution in [-0.2, 0) is 25.6 Å². The molecular weight excluding hydrogens is 408 g/mol. The molecule has 5 atom stereocenters. The summed E-state index contributed by atoms with van der Waals surface area (Å²) < 4.78 is 0. The van der Waals surface area contributed by atoms with Crippen LogP contribution in [-0.4, -0.2) is 74.1 Å². The van der Waals surface area contributed by atoms with Gasteiger partial charge in [0.15, 0.2) is 6.04 Å². The zero-order valence-electron chi connectivity index (χ0n) is 18.1. The number of aliphatic hydroxyl groups is 1. The zero-order chi connectivity index (χ0) is 23.7. The summed E-state index contributed by atoms with van der Waals surface area (Å²) in [7, 11) is 0. The van der Waals surface area contributed by atoms with Crippen molar-refractivity contribution in [1.29, 1.82) is 0 Å². The maximum Gasteiger partial charge on any atom is 0.328 e. The van der Waals surface area contributed by atoms with Crippen LogP contribution in [0.2, 0.25) is 0 Å². The molecule has 12 heteroatoms. The van der Waals surface area contributed by atoms with Crippen LogP contribution in [0.15, 0.2) is 12.5 Å². The van der Waals surface area contributed by atoms with Gasteiger partial charge in [0.25, 0.3) is 0 Å². The number of nitrogens with zero attached hydrogens (tertiary/aromatic N) is 1. The fourth-order valence-electron chi connectivity index (χ4n) is 2.77. The number of nitrogens with two attached hydrogens (primary N) is 1. The van der Waals surface area contributed by atoms with Crippen molar-refractivity contribution in [2.45, 2.75) is 70.8 Å². The minimum atomic E-state index is -1.56. The van der Waals surface area contributed by atoms with E-state index in [1.165, 1.54) is 26.4 Å². The van der Waals surface area contributed by atoms with Gasteiger partial charge in [-0.3, -0.25) is 14.4 Å². The van der Waals surface area contributed by atoms with Gasteiger partial charge in [0.2, 0.25) is 17.7 Å². The first-order chi connectivity index (χ1) is 14.4. The van der Waals surface area contributed by atoms with Gasteiger partial charge in [-0.1, -0.05) is 13.8 Å². The second-order valence-electron chi connectivity index (χ2n) is 7.87. The molecule has 8 N–H and O–H groups in total. The zero-order valence-corrected chi connectivity index (χ0v) is 18.1. The number of carbonyl (C=O) groups is 4. The predicted octanol–water partition coefficient (Wildman–Crippen LogP) is -1.73. The second-order valence-corrected chi connectivity index (χ2v) is 7.87. The van der Waals surface area contributed by atoms with Crippen molar-refractivity contribution in [2.75, 3.05) is 0 Å². The van der Waals surface area contributed by atoms with E-state index in [9.17, 15) is 29.4 Å². The van der Waals surface area contributed by atoms with Gasteiger partial charge in [0, 0.05) is 18.3 Å². The Labute approximate surface area is 180 Å². The Balaban J connectivity index is 2.86. The van der Waals surface area contributed by atoms with Crippen molar-refractivity contribution < 1.29 is 29.4 Å². The van der Waals surface area contributed by atoms with Crippen LogP contribution >= 0.6 is 0 Å². The quantitative estimate of drug-likeness (QED) is 0.199. The van der Waals surface area contributed by atoms with Gasteiger partial charge in [-0.15, -0.1) is 0 Å². The highest BCUT2D eigenvalue weighted by Gasteiger charge is 2.31. The molecule has 0 aliphatic carbocycles. The summed E-state index contributed by atoms with van der Waals surface area (Å²) in [5, 5.41) is 26.0. The molecule has 31 heavy (non-hydrogen) atoms. The summed E-state index contributed by atoms with van der Waals surface area (Å²) in [6.45, 7) is 6.50. The van der Waals surface area contributed by atoms with E-state index in [0.29, 0.717) is 12.1 Å². The lowest BCUT2D eigenvalue weighted by Gasteiger charge is -2.24. The number of rotatable bonds is 12. The van der Waals surface area contributed by atoms with E-state index in [0.717, 1.165) is 0 Å². The summed E-state index contributed by atoms with van der Waals surface area (Å²) in [5.74, 6) is -3.19. The molecule has 174 valence electrons. The molecular formula is C19H32N6O6. The number of aliphatic hydroxyl groups excluding tert-OH is 1. The largest absolute Gasteiger partial charge is 0.480 e. The van der Waals surface area contributed by atoms with E-state index in [1.54, 1.807) is 0 Å². The maximum absolute atomic E-state index is 12.7. The molecule has 1 rings (SSSR count). The first-order valence-corrected chi connectivity index (χ1v) is 9.97. The third kappa shape index (κ3) is 8.72. The number of hydrogen-bond acceptors (Lipinski definition) is 7. The van der Waals surface area contributed by atoms with Gasteiger partial charge in [-0.2, -0.15) is 0 Å². The molecule has 0 radical (unpaired) electrons. The Morgan fingerprint density at radius 3 is 2.19 bits per heavy atom. The van der Waals surface area contributed by atoms with Crippen molar-refractivity contribution in [3.05, 3.63) is 18.2 Å². The Hall–Kier alpha value is -2.99. The van der Waals surface area contributed by atoms with Crippen molar-refractivity contribution in [3.63, 3.8) is 0 Å². The number of nitrogens with one attached hydrogen (secondary N) is 4.